The van der Waals surface area contributed by atoms with Crippen LogP contribution in [0.5, 0.6) is 11.5 Å². The zero-order chi connectivity index (χ0) is 21.2. The number of carbonyl (C=O) groups excluding carboxylic acids is 1. The van der Waals surface area contributed by atoms with Crippen LogP contribution in [0.1, 0.15) is 42.5 Å². The molecule has 0 saturated carbocycles. The fourth-order valence-corrected chi connectivity index (χ4v) is 4.97. The second kappa shape index (κ2) is 8.89. The van der Waals surface area contributed by atoms with Gasteiger partial charge in [0, 0.05) is 32.7 Å². The topological polar surface area (TPSA) is 54.0 Å². The maximum absolute atomic E-state index is 13.0. The standard InChI is InChI=1S/C25H31N3O3/c1-18(25(29)26-22-8-4-6-20-5-2-3-7-21(20)22)28-13-11-27(12-14-28)16-19-9-10-23-24(15-19)31-17-30-23/h2-3,5,7,9-10,15,18,22H,4,6,8,11-14,16-17H2,1H3,(H,26,29)/t18-,22+/m0/s1. The molecule has 31 heavy (non-hydrogen) atoms. The first-order valence-corrected chi connectivity index (χ1v) is 11.4. The quantitative estimate of drug-likeness (QED) is 0.804. The molecule has 0 radical (unpaired) electrons. The first-order chi connectivity index (χ1) is 15.2. The Morgan fingerprint density at radius 2 is 1.90 bits per heavy atom. The molecule has 5 rings (SSSR count). The molecule has 3 aliphatic rings. The number of ether oxygens (including phenoxy) is 2. The van der Waals surface area contributed by atoms with E-state index >= 15 is 0 Å². The third-order valence-electron chi connectivity index (χ3n) is 6.86. The number of nitrogens with zero attached hydrogens (tertiary/aromatic N) is 2. The number of aryl methyl sites for hydroxylation is 1. The van der Waals surface area contributed by atoms with Gasteiger partial charge in [0.2, 0.25) is 12.7 Å². The minimum atomic E-state index is -0.109. The van der Waals surface area contributed by atoms with Gasteiger partial charge in [-0.2, -0.15) is 0 Å². The smallest absolute Gasteiger partial charge is 0.237 e. The second-order valence-electron chi connectivity index (χ2n) is 8.83. The number of fused-ring (bicyclic) bond motifs is 2. The lowest BCUT2D eigenvalue weighted by Crippen LogP contribution is -2.54. The molecule has 0 aromatic heterocycles. The summed E-state index contributed by atoms with van der Waals surface area (Å²) in [5.74, 6) is 1.81. The summed E-state index contributed by atoms with van der Waals surface area (Å²) in [5.41, 5.74) is 3.91. The maximum atomic E-state index is 13.0. The Balaban J connectivity index is 1.13. The van der Waals surface area contributed by atoms with Crippen molar-refractivity contribution in [1.29, 1.82) is 0 Å². The van der Waals surface area contributed by atoms with Crippen LogP contribution >= 0.6 is 0 Å². The lowest BCUT2D eigenvalue weighted by Gasteiger charge is -2.38. The van der Waals surface area contributed by atoms with Gasteiger partial charge < -0.3 is 14.8 Å². The van der Waals surface area contributed by atoms with Crippen molar-refractivity contribution in [2.24, 2.45) is 0 Å². The highest BCUT2D eigenvalue weighted by molar-refractivity contribution is 5.81. The molecule has 1 fully saturated rings. The highest BCUT2D eigenvalue weighted by Crippen LogP contribution is 2.33. The van der Waals surface area contributed by atoms with Crippen molar-refractivity contribution in [2.75, 3.05) is 33.0 Å². The third kappa shape index (κ3) is 4.41. The first kappa shape index (κ1) is 20.3. The average molecular weight is 422 g/mol. The van der Waals surface area contributed by atoms with E-state index in [0.717, 1.165) is 63.5 Å². The predicted octanol–water partition coefficient (Wildman–Crippen LogP) is 3.12. The monoisotopic (exact) mass is 421 g/mol. The van der Waals surface area contributed by atoms with Crippen LogP contribution in [0.4, 0.5) is 0 Å². The zero-order valence-corrected chi connectivity index (χ0v) is 18.2. The largest absolute Gasteiger partial charge is 0.454 e. The lowest BCUT2D eigenvalue weighted by molar-refractivity contribution is -0.127. The molecule has 6 heteroatoms. The minimum Gasteiger partial charge on any atom is -0.454 e. The summed E-state index contributed by atoms with van der Waals surface area (Å²) < 4.78 is 10.9. The molecule has 2 heterocycles. The SMILES string of the molecule is C[C@@H](C(=O)N[C@@H]1CCCc2ccccc21)N1CCN(Cc2ccc3c(c2)OCO3)CC1. The summed E-state index contributed by atoms with van der Waals surface area (Å²) in [6, 6.07) is 14.7. The fraction of sp³-hybridized carbons (Fsp3) is 0.480. The number of piperazine rings is 1. The van der Waals surface area contributed by atoms with Crippen molar-refractivity contribution >= 4 is 5.91 Å². The van der Waals surface area contributed by atoms with Crippen molar-refractivity contribution in [3.8, 4) is 11.5 Å². The lowest BCUT2D eigenvalue weighted by atomic mass is 9.87. The molecule has 6 nitrogen and oxygen atoms in total. The van der Waals surface area contributed by atoms with Gasteiger partial charge in [-0.1, -0.05) is 30.3 Å². The molecule has 2 aliphatic heterocycles. The molecule has 0 spiro atoms. The van der Waals surface area contributed by atoms with Gasteiger partial charge in [0.15, 0.2) is 11.5 Å². The van der Waals surface area contributed by atoms with E-state index < -0.39 is 0 Å². The van der Waals surface area contributed by atoms with E-state index in [2.05, 4.69) is 51.5 Å². The van der Waals surface area contributed by atoms with Crippen LogP contribution in [0.15, 0.2) is 42.5 Å². The van der Waals surface area contributed by atoms with Crippen LogP contribution in [0.3, 0.4) is 0 Å². The van der Waals surface area contributed by atoms with Gasteiger partial charge in [0.25, 0.3) is 0 Å². The summed E-state index contributed by atoms with van der Waals surface area (Å²) in [5, 5.41) is 3.33. The fourth-order valence-electron chi connectivity index (χ4n) is 4.97. The van der Waals surface area contributed by atoms with Crippen molar-refractivity contribution in [3.05, 3.63) is 59.2 Å². The molecule has 2 aromatic carbocycles. The van der Waals surface area contributed by atoms with E-state index in [0.29, 0.717) is 6.79 Å². The van der Waals surface area contributed by atoms with E-state index in [4.69, 9.17) is 9.47 Å². The van der Waals surface area contributed by atoms with Gasteiger partial charge in [0.05, 0.1) is 12.1 Å². The van der Waals surface area contributed by atoms with Gasteiger partial charge in [0.1, 0.15) is 0 Å². The first-order valence-electron chi connectivity index (χ1n) is 11.4. The normalized spacial score (nSPS) is 22.0. The highest BCUT2D eigenvalue weighted by Gasteiger charge is 2.29. The van der Waals surface area contributed by atoms with Gasteiger partial charge in [-0.05, 0) is 55.0 Å². The Kier molecular flexibility index (Phi) is 5.83. The van der Waals surface area contributed by atoms with Gasteiger partial charge in [-0.25, -0.2) is 0 Å². The predicted molar refractivity (Wildman–Crippen MR) is 119 cm³/mol. The Labute approximate surface area is 184 Å². The van der Waals surface area contributed by atoms with Gasteiger partial charge >= 0.3 is 0 Å². The highest BCUT2D eigenvalue weighted by atomic mass is 16.7. The molecule has 1 aliphatic carbocycles. The Bertz CT molecular complexity index is 939. The molecule has 1 amide bonds. The van der Waals surface area contributed by atoms with Crippen molar-refractivity contribution in [1.82, 2.24) is 15.1 Å². The maximum Gasteiger partial charge on any atom is 0.237 e. The molecule has 0 unspecified atom stereocenters. The van der Waals surface area contributed by atoms with E-state index in [9.17, 15) is 4.79 Å². The number of rotatable bonds is 5. The van der Waals surface area contributed by atoms with Crippen LogP contribution in [-0.2, 0) is 17.8 Å². The molecule has 1 saturated heterocycles. The van der Waals surface area contributed by atoms with Gasteiger partial charge in [-0.3, -0.25) is 14.6 Å². The van der Waals surface area contributed by atoms with Crippen LogP contribution in [-0.4, -0.2) is 54.7 Å². The van der Waals surface area contributed by atoms with E-state index in [-0.39, 0.29) is 18.0 Å². The van der Waals surface area contributed by atoms with E-state index in [1.54, 1.807) is 0 Å². The number of carbonyl (C=O) groups is 1. The Morgan fingerprint density at radius 3 is 2.77 bits per heavy atom. The number of hydrogen-bond acceptors (Lipinski definition) is 5. The Morgan fingerprint density at radius 1 is 1.10 bits per heavy atom. The number of nitrogens with one attached hydrogen (secondary N) is 1. The summed E-state index contributed by atoms with van der Waals surface area (Å²) in [7, 11) is 0. The molecular formula is C25H31N3O3. The summed E-state index contributed by atoms with van der Waals surface area (Å²) in [6.07, 6.45) is 3.27. The number of benzene rings is 2. The van der Waals surface area contributed by atoms with E-state index in [1.165, 1.54) is 16.7 Å². The summed E-state index contributed by atoms with van der Waals surface area (Å²) >= 11 is 0. The van der Waals surface area contributed by atoms with Gasteiger partial charge in [-0.15, -0.1) is 0 Å². The van der Waals surface area contributed by atoms with Crippen molar-refractivity contribution < 1.29 is 14.3 Å². The third-order valence-corrected chi connectivity index (χ3v) is 6.86. The van der Waals surface area contributed by atoms with Crippen LogP contribution < -0.4 is 14.8 Å². The average Bonchev–Trinajstić information content (AvgIpc) is 3.27. The number of hydrogen-bond donors (Lipinski definition) is 1. The molecule has 2 atom stereocenters. The number of amides is 1. The molecule has 0 bridgehead atoms. The van der Waals surface area contributed by atoms with Crippen LogP contribution in [0, 0.1) is 0 Å². The minimum absolute atomic E-state index is 0.109. The molecule has 1 N–H and O–H groups in total. The van der Waals surface area contributed by atoms with Crippen molar-refractivity contribution in [2.45, 2.75) is 44.8 Å². The van der Waals surface area contributed by atoms with E-state index in [1.807, 2.05) is 13.0 Å². The van der Waals surface area contributed by atoms with Crippen LogP contribution in [0.2, 0.25) is 0 Å². The molecular weight excluding hydrogens is 390 g/mol. The Hall–Kier alpha value is -2.57. The zero-order valence-electron chi connectivity index (χ0n) is 18.2. The van der Waals surface area contributed by atoms with Crippen LogP contribution in [0.25, 0.3) is 0 Å². The van der Waals surface area contributed by atoms with Crippen molar-refractivity contribution in [3.63, 3.8) is 0 Å². The molecule has 164 valence electrons. The second-order valence-corrected chi connectivity index (χ2v) is 8.83. The summed E-state index contributed by atoms with van der Waals surface area (Å²) in [6.45, 7) is 6.96. The summed E-state index contributed by atoms with van der Waals surface area (Å²) in [4.78, 5) is 17.8. The molecule has 2 aromatic rings.